The molecule has 1 atom stereocenters. The summed E-state index contributed by atoms with van der Waals surface area (Å²) in [6, 6.07) is 11.8. The Kier molecular flexibility index (Phi) is 3.33. The third kappa shape index (κ3) is 2.47. The first-order chi connectivity index (χ1) is 9.74. The Hall–Kier alpha value is -2.43. The van der Waals surface area contributed by atoms with Crippen molar-refractivity contribution in [2.24, 2.45) is 10.9 Å². The molecular weight excluding hydrogens is 254 g/mol. The molecular formula is C15H15N3O2. The summed E-state index contributed by atoms with van der Waals surface area (Å²) in [5.41, 5.74) is 2.71. The number of hydrogen-bond donors (Lipinski definition) is 1. The van der Waals surface area contributed by atoms with Gasteiger partial charge in [-0.15, -0.1) is 0 Å². The second-order valence-corrected chi connectivity index (χ2v) is 4.77. The maximum Gasteiger partial charge on any atom is 0.314 e. The van der Waals surface area contributed by atoms with Crippen molar-refractivity contribution in [3.8, 4) is 11.3 Å². The van der Waals surface area contributed by atoms with Gasteiger partial charge in [0.1, 0.15) is 0 Å². The van der Waals surface area contributed by atoms with Crippen LogP contribution in [0, 0.1) is 5.92 Å². The SMILES string of the molecule is CC(=Nc1cc(-c2ccccc2)[nH]n1)C1CCOC1=O. The van der Waals surface area contributed by atoms with Crippen LogP contribution in [0.2, 0.25) is 0 Å². The van der Waals surface area contributed by atoms with Crippen LogP contribution < -0.4 is 0 Å². The van der Waals surface area contributed by atoms with Crippen molar-refractivity contribution in [1.29, 1.82) is 0 Å². The molecule has 0 aliphatic carbocycles. The van der Waals surface area contributed by atoms with Gasteiger partial charge in [0.05, 0.1) is 18.2 Å². The van der Waals surface area contributed by atoms with E-state index in [1.165, 1.54) is 0 Å². The fourth-order valence-electron chi connectivity index (χ4n) is 2.27. The quantitative estimate of drug-likeness (QED) is 0.688. The van der Waals surface area contributed by atoms with E-state index in [9.17, 15) is 4.79 Å². The summed E-state index contributed by atoms with van der Waals surface area (Å²) in [7, 11) is 0. The van der Waals surface area contributed by atoms with Crippen molar-refractivity contribution in [3.05, 3.63) is 36.4 Å². The van der Waals surface area contributed by atoms with Crippen LogP contribution in [-0.2, 0) is 9.53 Å². The molecule has 0 saturated carbocycles. The van der Waals surface area contributed by atoms with Gasteiger partial charge in [-0.05, 0) is 12.5 Å². The summed E-state index contributed by atoms with van der Waals surface area (Å²) in [5.74, 6) is 0.165. The predicted octanol–water partition coefficient (Wildman–Crippen LogP) is 2.73. The van der Waals surface area contributed by atoms with Gasteiger partial charge in [0.2, 0.25) is 0 Å². The van der Waals surface area contributed by atoms with Crippen LogP contribution in [0.4, 0.5) is 5.82 Å². The molecule has 0 radical (unpaired) electrons. The molecule has 5 nitrogen and oxygen atoms in total. The molecule has 1 unspecified atom stereocenters. The Bertz CT molecular complexity index is 646. The predicted molar refractivity (Wildman–Crippen MR) is 75.9 cm³/mol. The second kappa shape index (κ2) is 5.28. The van der Waals surface area contributed by atoms with Gasteiger partial charge in [-0.2, -0.15) is 5.10 Å². The summed E-state index contributed by atoms with van der Waals surface area (Å²) in [4.78, 5) is 15.9. The molecule has 1 aliphatic rings. The molecule has 1 saturated heterocycles. The Morgan fingerprint density at radius 2 is 2.20 bits per heavy atom. The number of benzene rings is 1. The summed E-state index contributed by atoms with van der Waals surface area (Å²) in [6.45, 7) is 2.32. The minimum absolute atomic E-state index is 0.190. The minimum atomic E-state index is -0.230. The first kappa shape index (κ1) is 12.6. The van der Waals surface area contributed by atoms with E-state index in [0.717, 1.165) is 17.0 Å². The first-order valence-corrected chi connectivity index (χ1v) is 6.56. The fourth-order valence-corrected chi connectivity index (χ4v) is 2.27. The Balaban J connectivity index is 1.82. The summed E-state index contributed by atoms with van der Waals surface area (Å²) >= 11 is 0. The van der Waals surface area contributed by atoms with Crippen molar-refractivity contribution < 1.29 is 9.53 Å². The molecule has 0 amide bonds. The van der Waals surface area contributed by atoms with E-state index in [0.29, 0.717) is 18.8 Å². The first-order valence-electron chi connectivity index (χ1n) is 6.56. The highest BCUT2D eigenvalue weighted by molar-refractivity contribution is 6.02. The number of hydrogen-bond acceptors (Lipinski definition) is 4. The number of aromatic nitrogens is 2. The van der Waals surface area contributed by atoms with Crippen LogP contribution in [0.5, 0.6) is 0 Å². The summed E-state index contributed by atoms with van der Waals surface area (Å²) in [5, 5.41) is 7.12. The molecule has 5 heteroatoms. The number of cyclic esters (lactones) is 1. The van der Waals surface area contributed by atoms with Gasteiger partial charge < -0.3 is 4.74 Å². The number of aliphatic imine (C=N–C) groups is 1. The lowest BCUT2D eigenvalue weighted by molar-refractivity contribution is -0.139. The van der Waals surface area contributed by atoms with Crippen molar-refractivity contribution in [3.63, 3.8) is 0 Å². The number of carbonyl (C=O) groups is 1. The van der Waals surface area contributed by atoms with Gasteiger partial charge in [0, 0.05) is 18.2 Å². The van der Waals surface area contributed by atoms with E-state index in [1.54, 1.807) is 0 Å². The van der Waals surface area contributed by atoms with Crippen molar-refractivity contribution in [2.45, 2.75) is 13.3 Å². The highest BCUT2D eigenvalue weighted by atomic mass is 16.5. The van der Waals surface area contributed by atoms with Crippen LogP contribution in [-0.4, -0.2) is 28.5 Å². The fraction of sp³-hybridized carbons (Fsp3) is 0.267. The van der Waals surface area contributed by atoms with Crippen molar-refractivity contribution in [1.82, 2.24) is 10.2 Å². The van der Waals surface area contributed by atoms with Gasteiger partial charge in [-0.25, -0.2) is 4.99 Å². The molecule has 20 heavy (non-hydrogen) atoms. The number of nitrogens with one attached hydrogen (secondary N) is 1. The molecule has 1 N–H and O–H groups in total. The van der Waals surface area contributed by atoms with Crippen LogP contribution in [0.25, 0.3) is 11.3 Å². The lowest BCUT2D eigenvalue weighted by Crippen LogP contribution is -2.16. The van der Waals surface area contributed by atoms with Crippen molar-refractivity contribution >= 4 is 17.5 Å². The number of carbonyl (C=O) groups excluding carboxylic acids is 1. The molecule has 1 aromatic heterocycles. The number of nitrogens with zero attached hydrogens (tertiary/aromatic N) is 2. The van der Waals surface area contributed by atoms with Crippen LogP contribution in [0.1, 0.15) is 13.3 Å². The topological polar surface area (TPSA) is 67.3 Å². The van der Waals surface area contributed by atoms with Gasteiger partial charge in [-0.1, -0.05) is 30.3 Å². The molecule has 0 bridgehead atoms. The molecule has 1 aromatic carbocycles. The number of esters is 1. The maximum atomic E-state index is 11.5. The maximum absolute atomic E-state index is 11.5. The zero-order valence-electron chi connectivity index (χ0n) is 11.2. The van der Waals surface area contributed by atoms with Crippen LogP contribution >= 0.6 is 0 Å². The van der Waals surface area contributed by atoms with E-state index in [-0.39, 0.29) is 11.9 Å². The number of ether oxygens (including phenoxy) is 1. The summed E-state index contributed by atoms with van der Waals surface area (Å²) in [6.07, 6.45) is 0.699. The average Bonchev–Trinajstić information content (AvgIpc) is 3.09. The Labute approximate surface area is 116 Å². The zero-order valence-corrected chi connectivity index (χ0v) is 11.2. The third-order valence-corrected chi connectivity index (χ3v) is 3.38. The van der Waals surface area contributed by atoms with Crippen LogP contribution in [0.15, 0.2) is 41.4 Å². The van der Waals surface area contributed by atoms with E-state index >= 15 is 0 Å². The number of H-pyrrole nitrogens is 1. The smallest absolute Gasteiger partial charge is 0.314 e. The Morgan fingerprint density at radius 3 is 2.90 bits per heavy atom. The standard InChI is InChI=1S/C15H15N3O2/c1-10(12-7-8-20-15(12)19)16-14-9-13(17-18-14)11-5-3-2-4-6-11/h2-6,9,12H,7-8H2,1H3,(H,17,18). The third-order valence-electron chi connectivity index (χ3n) is 3.38. The van der Waals surface area contributed by atoms with Gasteiger partial charge in [0.25, 0.3) is 0 Å². The normalized spacial score (nSPS) is 19.1. The average molecular weight is 269 g/mol. The van der Waals surface area contributed by atoms with E-state index < -0.39 is 0 Å². The molecule has 1 fully saturated rings. The van der Waals surface area contributed by atoms with Crippen LogP contribution in [0.3, 0.4) is 0 Å². The highest BCUT2D eigenvalue weighted by Gasteiger charge is 2.29. The molecule has 2 aromatic rings. The van der Waals surface area contributed by atoms with E-state index in [1.807, 2.05) is 43.3 Å². The lowest BCUT2D eigenvalue weighted by Gasteiger charge is -2.02. The zero-order chi connectivity index (χ0) is 13.9. The van der Waals surface area contributed by atoms with E-state index in [2.05, 4.69) is 15.2 Å². The number of rotatable bonds is 3. The van der Waals surface area contributed by atoms with E-state index in [4.69, 9.17) is 4.74 Å². The molecule has 0 spiro atoms. The van der Waals surface area contributed by atoms with Gasteiger partial charge >= 0.3 is 5.97 Å². The van der Waals surface area contributed by atoms with Gasteiger partial charge in [0.15, 0.2) is 5.82 Å². The molecule has 2 heterocycles. The Morgan fingerprint density at radius 1 is 1.40 bits per heavy atom. The highest BCUT2D eigenvalue weighted by Crippen LogP contribution is 2.23. The number of aromatic amines is 1. The summed E-state index contributed by atoms with van der Waals surface area (Å²) < 4.78 is 4.95. The largest absolute Gasteiger partial charge is 0.465 e. The molecule has 3 rings (SSSR count). The van der Waals surface area contributed by atoms with Crippen molar-refractivity contribution in [2.75, 3.05) is 6.61 Å². The second-order valence-electron chi connectivity index (χ2n) is 4.77. The lowest BCUT2D eigenvalue weighted by atomic mass is 10.0. The molecule has 102 valence electrons. The monoisotopic (exact) mass is 269 g/mol. The minimum Gasteiger partial charge on any atom is -0.465 e. The van der Waals surface area contributed by atoms with Gasteiger partial charge in [-0.3, -0.25) is 9.89 Å². The molecule has 1 aliphatic heterocycles.